The summed E-state index contributed by atoms with van der Waals surface area (Å²) in [6.07, 6.45) is 0.961. The molecule has 0 aromatic heterocycles. The van der Waals surface area contributed by atoms with Gasteiger partial charge in [-0.2, -0.15) is 0 Å². The van der Waals surface area contributed by atoms with Crippen LogP contribution in [0.25, 0.3) is 11.1 Å². The van der Waals surface area contributed by atoms with Crippen molar-refractivity contribution in [3.8, 4) is 11.1 Å². The average molecular weight is 402 g/mol. The van der Waals surface area contributed by atoms with E-state index in [4.69, 9.17) is 0 Å². The van der Waals surface area contributed by atoms with Crippen LogP contribution in [0.4, 0.5) is 0 Å². The molecule has 0 fully saturated rings. The summed E-state index contributed by atoms with van der Waals surface area (Å²) in [5.74, 6) is 0. The van der Waals surface area contributed by atoms with E-state index < -0.39 is 0 Å². The lowest BCUT2D eigenvalue weighted by Crippen LogP contribution is -1.89. The van der Waals surface area contributed by atoms with Gasteiger partial charge in [0, 0.05) is 8.95 Å². The summed E-state index contributed by atoms with van der Waals surface area (Å²) in [7, 11) is 0. The molecule has 0 radical (unpaired) electrons. The zero-order valence-electron chi connectivity index (χ0n) is 11.4. The number of hydrogen-bond donors (Lipinski definition) is 0. The van der Waals surface area contributed by atoms with Gasteiger partial charge in [0.05, 0.1) is 0 Å². The van der Waals surface area contributed by atoms with E-state index >= 15 is 0 Å². The number of rotatable bonds is 3. The normalized spacial score (nSPS) is 10.6. The van der Waals surface area contributed by atoms with Crippen molar-refractivity contribution in [2.24, 2.45) is 0 Å². The van der Waals surface area contributed by atoms with Crippen LogP contribution in [-0.2, 0) is 6.42 Å². The van der Waals surface area contributed by atoms with Crippen molar-refractivity contribution < 1.29 is 0 Å². The maximum atomic E-state index is 3.65. The van der Waals surface area contributed by atoms with Crippen LogP contribution in [0.15, 0.2) is 81.7 Å². The fraction of sp³-hybridized carbons (Fsp3) is 0.0526. The maximum Gasteiger partial charge on any atom is 0.0264 e. The van der Waals surface area contributed by atoms with Crippen LogP contribution in [0.5, 0.6) is 0 Å². The molecule has 0 nitrogen and oxygen atoms in total. The zero-order chi connectivity index (χ0) is 14.7. The van der Waals surface area contributed by atoms with Gasteiger partial charge >= 0.3 is 0 Å². The summed E-state index contributed by atoms with van der Waals surface area (Å²) in [6.45, 7) is 0. The first-order chi connectivity index (χ1) is 10.2. The van der Waals surface area contributed by atoms with Gasteiger partial charge < -0.3 is 0 Å². The first-order valence-electron chi connectivity index (χ1n) is 6.81. The van der Waals surface area contributed by atoms with Crippen molar-refractivity contribution in [2.45, 2.75) is 6.42 Å². The Morgan fingerprint density at radius 3 is 2.19 bits per heavy atom. The molecule has 0 heterocycles. The highest BCUT2D eigenvalue weighted by molar-refractivity contribution is 9.11. The highest BCUT2D eigenvalue weighted by atomic mass is 79.9. The summed E-state index contributed by atoms with van der Waals surface area (Å²) in [4.78, 5) is 0. The van der Waals surface area contributed by atoms with Crippen LogP contribution in [0, 0.1) is 0 Å². The van der Waals surface area contributed by atoms with Crippen LogP contribution >= 0.6 is 31.9 Å². The lowest BCUT2D eigenvalue weighted by Gasteiger charge is -2.08. The summed E-state index contributed by atoms with van der Waals surface area (Å²) in [6, 6.07) is 25.6. The van der Waals surface area contributed by atoms with E-state index in [1.807, 2.05) is 0 Å². The van der Waals surface area contributed by atoms with E-state index in [1.54, 1.807) is 0 Å². The second kappa shape index (κ2) is 6.59. The largest absolute Gasteiger partial charge is 0.0622 e. The Morgan fingerprint density at radius 1 is 0.667 bits per heavy atom. The summed E-state index contributed by atoms with van der Waals surface area (Å²) in [5, 5.41) is 0. The highest BCUT2D eigenvalue weighted by Gasteiger charge is 2.05. The van der Waals surface area contributed by atoms with Gasteiger partial charge in [-0.05, 0) is 40.8 Å². The monoisotopic (exact) mass is 400 g/mol. The fourth-order valence-electron chi connectivity index (χ4n) is 2.40. The first kappa shape index (κ1) is 14.6. The molecular weight excluding hydrogens is 388 g/mol. The maximum absolute atomic E-state index is 3.65. The van der Waals surface area contributed by atoms with Crippen LogP contribution in [-0.4, -0.2) is 0 Å². The van der Waals surface area contributed by atoms with Gasteiger partial charge in [-0.1, -0.05) is 92.5 Å². The van der Waals surface area contributed by atoms with Crippen molar-refractivity contribution >= 4 is 31.9 Å². The Balaban J connectivity index is 1.93. The Bertz CT molecular complexity index is 749. The minimum absolute atomic E-state index is 0.961. The molecule has 0 amide bonds. The Labute approximate surface area is 142 Å². The molecule has 21 heavy (non-hydrogen) atoms. The topological polar surface area (TPSA) is 0 Å². The van der Waals surface area contributed by atoms with E-state index in [0.717, 1.165) is 15.4 Å². The fourth-order valence-corrected chi connectivity index (χ4v) is 3.68. The van der Waals surface area contributed by atoms with E-state index in [1.165, 1.54) is 22.3 Å². The van der Waals surface area contributed by atoms with Crippen molar-refractivity contribution in [2.75, 3.05) is 0 Å². The van der Waals surface area contributed by atoms with Gasteiger partial charge in [-0.3, -0.25) is 0 Å². The SMILES string of the molecule is Brc1ccc(-c2cccc(Cc3ccccc3)c2)c(Br)c1. The Morgan fingerprint density at radius 2 is 1.43 bits per heavy atom. The predicted molar refractivity (Wildman–Crippen MR) is 96.5 cm³/mol. The molecular formula is C19H14Br2. The number of halogens is 2. The highest BCUT2D eigenvalue weighted by Crippen LogP contribution is 2.31. The van der Waals surface area contributed by atoms with E-state index in [0.29, 0.717) is 0 Å². The molecule has 3 rings (SSSR count). The van der Waals surface area contributed by atoms with Crippen LogP contribution < -0.4 is 0 Å². The van der Waals surface area contributed by atoms with E-state index in [2.05, 4.69) is 105 Å². The standard InChI is InChI=1S/C19H14Br2/c20-17-9-10-18(19(21)13-17)16-8-4-7-15(12-16)11-14-5-2-1-3-6-14/h1-10,12-13H,11H2. The van der Waals surface area contributed by atoms with Gasteiger partial charge in [0.25, 0.3) is 0 Å². The minimum Gasteiger partial charge on any atom is -0.0622 e. The lowest BCUT2D eigenvalue weighted by atomic mass is 9.99. The molecule has 0 bridgehead atoms. The summed E-state index contributed by atoms with van der Waals surface area (Å²) < 4.78 is 2.19. The molecule has 0 atom stereocenters. The van der Waals surface area contributed by atoms with Gasteiger partial charge in [0.2, 0.25) is 0 Å². The van der Waals surface area contributed by atoms with E-state index in [9.17, 15) is 0 Å². The third-order valence-corrected chi connectivity index (χ3v) is 4.57. The molecule has 0 aliphatic carbocycles. The molecule has 0 unspecified atom stereocenters. The second-order valence-corrected chi connectivity index (χ2v) is 6.76. The third kappa shape index (κ3) is 3.63. The minimum atomic E-state index is 0.961. The Hall–Kier alpha value is -1.38. The molecule has 3 aromatic carbocycles. The smallest absolute Gasteiger partial charge is 0.0264 e. The van der Waals surface area contributed by atoms with Crippen LogP contribution in [0.3, 0.4) is 0 Å². The quantitative estimate of drug-likeness (QED) is 0.471. The molecule has 0 aliphatic rings. The van der Waals surface area contributed by atoms with Crippen LogP contribution in [0.1, 0.15) is 11.1 Å². The van der Waals surface area contributed by atoms with Crippen LogP contribution in [0.2, 0.25) is 0 Å². The molecule has 0 spiro atoms. The predicted octanol–water partition coefficient (Wildman–Crippen LogP) is 6.47. The van der Waals surface area contributed by atoms with Crippen molar-refractivity contribution in [1.82, 2.24) is 0 Å². The average Bonchev–Trinajstić information content (AvgIpc) is 2.48. The van der Waals surface area contributed by atoms with Gasteiger partial charge in [0.15, 0.2) is 0 Å². The molecule has 104 valence electrons. The molecule has 3 aromatic rings. The molecule has 0 saturated carbocycles. The van der Waals surface area contributed by atoms with Crippen molar-refractivity contribution in [3.63, 3.8) is 0 Å². The van der Waals surface area contributed by atoms with Crippen molar-refractivity contribution in [1.29, 1.82) is 0 Å². The third-order valence-electron chi connectivity index (χ3n) is 3.42. The Kier molecular flexibility index (Phi) is 4.57. The summed E-state index contributed by atoms with van der Waals surface area (Å²) in [5.41, 5.74) is 5.12. The van der Waals surface area contributed by atoms with Gasteiger partial charge in [-0.25, -0.2) is 0 Å². The van der Waals surface area contributed by atoms with Gasteiger partial charge in [-0.15, -0.1) is 0 Å². The number of hydrogen-bond acceptors (Lipinski definition) is 0. The molecule has 2 heteroatoms. The number of benzene rings is 3. The van der Waals surface area contributed by atoms with E-state index in [-0.39, 0.29) is 0 Å². The lowest BCUT2D eigenvalue weighted by molar-refractivity contribution is 1.19. The molecule has 0 saturated heterocycles. The molecule has 0 aliphatic heterocycles. The summed E-state index contributed by atoms with van der Waals surface area (Å²) >= 11 is 7.14. The second-order valence-electron chi connectivity index (χ2n) is 4.99. The zero-order valence-corrected chi connectivity index (χ0v) is 14.6. The molecule has 0 N–H and O–H groups in total. The van der Waals surface area contributed by atoms with Gasteiger partial charge in [0.1, 0.15) is 0 Å². The first-order valence-corrected chi connectivity index (χ1v) is 8.39. The van der Waals surface area contributed by atoms with Crippen molar-refractivity contribution in [3.05, 3.63) is 92.9 Å².